The lowest BCUT2D eigenvalue weighted by molar-refractivity contribution is 0.0950. The van der Waals surface area contributed by atoms with Gasteiger partial charge < -0.3 is 9.88 Å². The van der Waals surface area contributed by atoms with Gasteiger partial charge in [0.15, 0.2) is 10.8 Å². The minimum Gasteiger partial charge on any atom is -0.346 e. The zero-order valence-corrected chi connectivity index (χ0v) is 11.7. The predicted octanol–water partition coefficient (Wildman–Crippen LogP) is 0.356. The van der Waals surface area contributed by atoms with Gasteiger partial charge in [-0.1, -0.05) is 11.8 Å². The number of imidazole rings is 1. The molecule has 9 heteroatoms. The molecule has 0 atom stereocenters. The van der Waals surface area contributed by atoms with Gasteiger partial charge in [0.25, 0.3) is 5.91 Å². The number of carbonyl (C=O) groups excluding carboxylic acids is 1. The molecular weight excluding hydrogens is 290 g/mol. The summed E-state index contributed by atoms with van der Waals surface area (Å²) in [7, 11) is 0. The zero-order valence-electron chi connectivity index (χ0n) is 10.9. The second-order valence-corrected chi connectivity index (χ2v) is 5.70. The van der Waals surface area contributed by atoms with Crippen molar-refractivity contribution >= 4 is 23.3 Å². The quantitative estimate of drug-likeness (QED) is 0.751. The Morgan fingerprint density at radius 2 is 2.43 bits per heavy atom. The smallest absolute Gasteiger partial charge is 0.251 e. The van der Waals surface area contributed by atoms with E-state index in [1.165, 1.54) is 4.52 Å². The molecule has 0 saturated carbocycles. The molecule has 4 heterocycles. The molecule has 3 aromatic rings. The summed E-state index contributed by atoms with van der Waals surface area (Å²) in [6.45, 7) is 1.40. The molecule has 4 rings (SSSR count). The molecule has 0 unspecified atom stereocenters. The van der Waals surface area contributed by atoms with Crippen LogP contribution in [0, 0.1) is 0 Å². The molecular formula is C12H11N7OS. The third-order valence-corrected chi connectivity index (χ3v) is 4.21. The number of hydrogen-bond donors (Lipinski definition) is 1. The van der Waals surface area contributed by atoms with Gasteiger partial charge in [0, 0.05) is 30.3 Å². The topological polar surface area (TPSA) is 90.0 Å². The van der Waals surface area contributed by atoms with Gasteiger partial charge in [-0.05, 0) is 22.6 Å². The molecule has 0 radical (unpaired) electrons. The standard InChI is InChI=1S/C12H11N7OS/c20-11(8-1-2-19-10(5-8)15-16-17-19)13-6-9-7-18-3-4-21-12(18)14-9/h1-2,5,7H,3-4,6H2,(H,13,20). The first-order valence-electron chi connectivity index (χ1n) is 6.44. The Bertz CT molecular complexity index is 802. The van der Waals surface area contributed by atoms with Crippen LogP contribution in [0.4, 0.5) is 0 Å². The first kappa shape index (κ1) is 12.3. The van der Waals surface area contributed by atoms with Gasteiger partial charge >= 0.3 is 0 Å². The molecule has 1 N–H and O–H groups in total. The van der Waals surface area contributed by atoms with Crippen LogP contribution in [0.5, 0.6) is 0 Å². The SMILES string of the molecule is O=C(NCc1cn2c(n1)SCC2)c1ccn2nnnc2c1. The summed E-state index contributed by atoms with van der Waals surface area (Å²) in [4.78, 5) is 16.6. The highest BCUT2D eigenvalue weighted by Crippen LogP contribution is 2.24. The maximum atomic E-state index is 12.1. The van der Waals surface area contributed by atoms with Crippen LogP contribution in [0.1, 0.15) is 16.1 Å². The zero-order chi connectivity index (χ0) is 14.2. The second kappa shape index (κ2) is 4.85. The third-order valence-electron chi connectivity index (χ3n) is 3.24. The van der Waals surface area contributed by atoms with E-state index in [1.54, 1.807) is 30.1 Å². The number of pyridine rings is 1. The van der Waals surface area contributed by atoms with E-state index in [0.717, 1.165) is 23.1 Å². The van der Waals surface area contributed by atoms with Crippen molar-refractivity contribution in [3.63, 3.8) is 0 Å². The highest BCUT2D eigenvalue weighted by molar-refractivity contribution is 7.99. The summed E-state index contributed by atoms with van der Waals surface area (Å²) in [5.41, 5.74) is 1.94. The number of carbonyl (C=O) groups is 1. The van der Waals surface area contributed by atoms with Gasteiger partial charge in [-0.3, -0.25) is 4.79 Å². The first-order valence-corrected chi connectivity index (χ1v) is 7.43. The summed E-state index contributed by atoms with van der Waals surface area (Å²) >= 11 is 1.74. The lowest BCUT2D eigenvalue weighted by atomic mass is 10.2. The molecule has 0 fully saturated rings. The van der Waals surface area contributed by atoms with E-state index in [1.807, 2.05) is 6.20 Å². The molecule has 1 amide bonds. The molecule has 0 saturated heterocycles. The highest BCUT2D eigenvalue weighted by atomic mass is 32.2. The summed E-state index contributed by atoms with van der Waals surface area (Å²) in [6, 6.07) is 3.33. The monoisotopic (exact) mass is 301 g/mol. The lowest BCUT2D eigenvalue weighted by Gasteiger charge is -2.03. The average Bonchev–Trinajstić information content (AvgIpc) is 3.18. The molecule has 8 nitrogen and oxygen atoms in total. The van der Waals surface area contributed by atoms with Crippen LogP contribution in [0.3, 0.4) is 0 Å². The van der Waals surface area contributed by atoms with E-state index >= 15 is 0 Å². The molecule has 106 valence electrons. The highest BCUT2D eigenvalue weighted by Gasteiger charge is 2.15. The van der Waals surface area contributed by atoms with Crippen molar-refractivity contribution in [2.45, 2.75) is 18.2 Å². The lowest BCUT2D eigenvalue weighted by Crippen LogP contribution is -2.23. The molecule has 3 aromatic heterocycles. The molecule has 0 aromatic carbocycles. The van der Waals surface area contributed by atoms with Gasteiger partial charge in [0.1, 0.15) is 0 Å². The molecule has 1 aliphatic rings. The third kappa shape index (κ3) is 2.25. The van der Waals surface area contributed by atoms with Crippen LogP contribution < -0.4 is 5.32 Å². The van der Waals surface area contributed by atoms with Crippen molar-refractivity contribution in [3.8, 4) is 0 Å². The summed E-state index contributed by atoms with van der Waals surface area (Å²) in [5.74, 6) is 0.905. The van der Waals surface area contributed by atoms with Gasteiger partial charge in [0.2, 0.25) is 0 Å². The number of aromatic nitrogens is 6. The molecule has 0 bridgehead atoms. The van der Waals surface area contributed by atoms with Crippen LogP contribution in [-0.4, -0.2) is 41.3 Å². The molecule has 0 spiro atoms. The Labute approximate surface area is 123 Å². The number of fused-ring (bicyclic) bond motifs is 2. The predicted molar refractivity (Wildman–Crippen MR) is 74.9 cm³/mol. The van der Waals surface area contributed by atoms with E-state index in [4.69, 9.17) is 0 Å². The Hall–Kier alpha value is -2.42. The number of rotatable bonds is 3. The number of nitrogens with one attached hydrogen (secondary N) is 1. The number of tetrazole rings is 1. The minimum atomic E-state index is -0.165. The van der Waals surface area contributed by atoms with Crippen LogP contribution in [0.2, 0.25) is 0 Å². The summed E-state index contributed by atoms with van der Waals surface area (Å²) in [6.07, 6.45) is 3.65. The first-order chi connectivity index (χ1) is 10.3. The van der Waals surface area contributed by atoms with Crippen molar-refractivity contribution < 1.29 is 4.79 Å². The van der Waals surface area contributed by atoms with Crippen molar-refractivity contribution in [1.82, 2.24) is 34.9 Å². The van der Waals surface area contributed by atoms with E-state index in [0.29, 0.717) is 17.8 Å². The van der Waals surface area contributed by atoms with E-state index in [2.05, 4.69) is 30.4 Å². The number of nitrogens with zero attached hydrogens (tertiary/aromatic N) is 6. The van der Waals surface area contributed by atoms with Crippen molar-refractivity contribution in [2.75, 3.05) is 5.75 Å². The van der Waals surface area contributed by atoms with Crippen molar-refractivity contribution in [1.29, 1.82) is 0 Å². The maximum Gasteiger partial charge on any atom is 0.251 e. The molecule has 0 aliphatic carbocycles. The number of hydrogen-bond acceptors (Lipinski definition) is 6. The fourth-order valence-electron chi connectivity index (χ4n) is 2.20. The minimum absolute atomic E-state index is 0.165. The normalized spacial score (nSPS) is 13.5. The van der Waals surface area contributed by atoms with Gasteiger partial charge in [-0.25, -0.2) is 9.50 Å². The van der Waals surface area contributed by atoms with E-state index in [-0.39, 0.29) is 5.91 Å². The largest absolute Gasteiger partial charge is 0.346 e. The Morgan fingerprint density at radius 1 is 1.48 bits per heavy atom. The van der Waals surface area contributed by atoms with Crippen LogP contribution in [-0.2, 0) is 13.1 Å². The number of aryl methyl sites for hydroxylation is 1. The Kier molecular flexibility index (Phi) is 2.85. The molecule has 21 heavy (non-hydrogen) atoms. The van der Waals surface area contributed by atoms with Gasteiger partial charge in [0.05, 0.1) is 12.2 Å². The Morgan fingerprint density at radius 3 is 3.33 bits per heavy atom. The van der Waals surface area contributed by atoms with Crippen molar-refractivity contribution in [2.24, 2.45) is 0 Å². The maximum absolute atomic E-state index is 12.1. The summed E-state index contributed by atoms with van der Waals surface area (Å²) < 4.78 is 3.62. The van der Waals surface area contributed by atoms with E-state index < -0.39 is 0 Å². The molecule has 1 aliphatic heterocycles. The van der Waals surface area contributed by atoms with E-state index in [9.17, 15) is 4.79 Å². The van der Waals surface area contributed by atoms with Crippen molar-refractivity contribution in [3.05, 3.63) is 35.8 Å². The summed E-state index contributed by atoms with van der Waals surface area (Å²) in [5, 5.41) is 15.0. The van der Waals surface area contributed by atoms with Crippen LogP contribution in [0.25, 0.3) is 5.65 Å². The number of amides is 1. The average molecular weight is 301 g/mol. The van der Waals surface area contributed by atoms with Gasteiger partial charge in [-0.15, -0.1) is 5.10 Å². The second-order valence-electron chi connectivity index (χ2n) is 4.64. The van der Waals surface area contributed by atoms with Crippen LogP contribution in [0.15, 0.2) is 29.7 Å². The Balaban J connectivity index is 1.47. The fraction of sp³-hybridized carbons (Fsp3) is 0.250. The fourth-order valence-corrected chi connectivity index (χ4v) is 3.16. The van der Waals surface area contributed by atoms with Crippen LogP contribution >= 0.6 is 11.8 Å². The van der Waals surface area contributed by atoms with Gasteiger partial charge in [-0.2, -0.15) is 0 Å². The number of thioether (sulfide) groups is 1.